The topological polar surface area (TPSA) is 37.4 Å². The van der Waals surface area contributed by atoms with Crippen molar-refractivity contribution in [3.05, 3.63) is 39.4 Å². The second kappa shape index (κ2) is 5.06. The Labute approximate surface area is 131 Å². The molecule has 0 aromatic heterocycles. The fourth-order valence-electron chi connectivity index (χ4n) is 2.71. The molecule has 0 radical (unpaired) electrons. The highest BCUT2D eigenvalue weighted by Crippen LogP contribution is 2.41. The Hall–Kier alpha value is -1.03. The summed E-state index contributed by atoms with van der Waals surface area (Å²) < 4.78 is 0. The molecular weight excluding hydrogens is 321 g/mol. The van der Waals surface area contributed by atoms with Gasteiger partial charge in [0.1, 0.15) is 0 Å². The normalized spacial score (nSPS) is 25.8. The summed E-state index contributed by atoms with van der Waals surface area (Å²) in [5.74, 6) is -1.10. The van der Waals surface area contributed by atoms with Crippen molar-refractivity contribution in [1.82, 2.24) is 0 Å². The van der Waals surface area contributed by atoms with Crippen molar-refractivity contribution in [2.75, 3.05) is 4.90 Å². The number of hydrogen-bond acceptors (Lipinski definition) is 2. The zero-order valence-electron chi connectivity index (χ0n) is 10.3. The van der Waals surface area contributed by atoms with Crippen molar-refractivity contribution in [2.45, 2.75) is 12.8 Å². The average molecular weight is 331 g/mol. The lowest BCUT2D eigenvalue weighted by Crippen LogP contribution is -2.30. The number of amides is 2. The summed E-state index contributed by atoms with van der Waals surface area (Å²) in [6, 6.07) is 4.73. The molecule has 2 amide bonds. The number of benzene rings is 1. The van der Waals surface area contributed by atoms with E-state index in [1.165, 1.54) is 11.0 Å². The first-order chi connectivity index (χ1) is 9.49. The van der Waals surface area contributed by atoms with Gasteiger partial charge in [0.25, 0.3) is 0 Å². The van der Waals surface area contributed by atoms with Crippen molar-refractivity contribution < 1.29 is 9.59 Å². The minimum absolute atomic E-state index is 0.196. The largest absolute Gasteiger partial charge is 0.274 e. The number of fused-ring (bicyclic) bond motifs is 1. The minimum atomic E-state index is -0.366. The standard InChI is InChI=1S/C14H10Cl3NO2/c15-7-1-3-9-10(5-7)14(20)18(13(9)19)8-2-4-11(16)12(17)6-8/h1-2,4,6,9-10H,3,5H2. The lowest BCUT2D eigenvalue weighted by molar-refractivity contribution is -0.122. The van der Waals surface area contributed by atoms with E-state index in [-0.39, 0.29) is 23.7 Å². The number of imide groups is 1. The Morgan fingerprint density at radius 2 is 1.70 bits per heavy atom. The number of carbonyl (C=O) groups excluding carboxylic acids is 2. The molecule has 20 heavy (non-hydrogen) atoms. The highest BCUT2D eigenvalue weighted by Gasteiger charge is 2.48. The van der Waals surface area contributed by atoms with Crippen molar-refractivity contribution >= 4 is 52.3 Å². The molecule has 1 aromatic rings. The summed E-state index contributed by atoms with van der Waals surface area (Å²) in [6.07, 6.45) is 2.74. The Balaban J connectivity index is 1.97. The van der Waals surface area contributed by atoms with E-state index < -0.39 is 0 Å². The number of halogens is 3. The summed E-state index contributed by atoms with van der Waals surface area (Å²) in [6.45, 7) is 0. The molecule has 2 atom stereocenters. The number of hydrogen-bond donors (Lipinski definition) is 0. The highest BCUT2D eigenvalue weighted by molar-refractivity contribution is 6.42. The third kappa shape index (κ3) is 2.14. The maximum atomic E-state index is 12.4. The summed E-state index contributed by atoms with van der Waals surface area (Å²) in [4.78, 5) is 26.0. The number of rotatable bonds is 1. The van der Waals surface area contributed by atoms with Crippen LogP contribution in [-0.4, -0.2) is 11.8 Å². The highest BCUT2D eigenvalue weighted by atomic mass is 35.5. The molecule has 2 aliphatic rings. The van der Waals surface area contributed by atoms with E-state index in [1.54, 1.807) is 12.1 Å². The van der Waals surface area contributed by atoms with E-state index in [2.05, 4.69) is 0 Å². The number of carbonyl (C=O) groups is 2. The van der Waals surface area contributed by atoms with Gasteiger partial charge in [0.15, 0.2) is 0 Å². The monoisotopic (exact) mass is 329 g/mol. The van der Waals surface area contributed by atoms with E-state index in [0.29, 0.717) is 33.6 Å². The van der Waals surface area contributed by atoms with Crippen LogP contribution in [0.5, 0.6) is 0 Å². The molecule has 0 N–H and O–H groups in total. The molecule has 0 bridgehead atoms. The van der Waals surface area contributed by atoms with E-state index in [0.717, 1.165) is 0 Å². The third-order valence-electron chi connectivity index (χ3n) is 3.73. The lowest BCUT2D eigenvalue weighted by Gasteiger charge is -2.17. The van der Waals surface area contributed by atoms with Gasteiger partial charge in [0.2, 0.25) is 11.8 Å². The third-order valence-corrected chi connectivity index (χ3v) is 4.78. The van der Waals surface area contributed by atoms with Gasteiger partial charge in [0, 0.05) is 5.03 Å². The maximum absolute atomic E-state index is 12.4. The zero-order valence-corrected chi connectivity index (χ0v) is 12.5. The quantitative estimate of drug-likeness (QED) is 0.729. The van der Waals surface area contributed by atoms with Crippen LogP contribution in [0.25, 0.3) is 0 Å². The Kier molecular flexibility index (Phi) is 3.53. The van der Waals surface area contributed by atoms with Gasteiger partial charge in [0.05, 0.1) is 27.6 Å². The summed E-state index contributed by atoms with van der Waals surface area (Å²) in [7, 11) is 0. The first-order valence-corrected chi connectivity index (χ1v) is 7.30. The van der Waals surface area contributed by atoms with Gasteiger partial charge < -0.3 is 0 Å². The van der Waals surface area contributed by atoms with Gasteiger partial charge in [-0.25, -0.2) is 4.90 Å². The van der Waals surface area contributed by atoms with Crippen molar-refractivity contribution in [3.63, 3.8) is 0 Å². The second-order valence-electron chi connectivity index (χ2n) is 4.91. The van der Waals surface area contributed by atoms with Gasteiger partial charge >= 0.3 is 0 Å². The molecule has 1 aromatic carbocycles. The molecular formula is C14H10Cl3NO2. The van der Waals surface area contributed by atoms with Gasteiger partial charge in [-0.1, -0.05) is 40.9 Å². The van der Waals surface area contributed by atoms with Crippen LogP contribution in [0.3, 0.4) is 0 Å². The molecule has 0 spiro atoms. The molecule has 3 rings (SSSR count). The van der Waals surface area contributed by atoms with Crippen LogP contribution < -0.4 is 4.90 Å². The van der Waals surface area contributed by atoms with Gasteiger partial charge in [-0.2, -0.15) is 0 Å². The van der Waals surface area contributed by atoms with E-state index in [1.807, 2.05) is 6.08 Å². The lowest BCUT2D eigenvalue weighted by atomic mass is 9.85. The average Bonchev–Trinajstić information content (AvgIpc) is 2.65. The van der Waals surface area contributed by atoms with Crippen molar-refractivity contribution in [3.8, 4) is 0 Å². The van der Waals surface area contributed by atoms with Gasteiger partial charge in [-0.15, -0.1) is 0 Å². The Morgan fingerprint density at radius 3 is 2.40 bits per heavy atom. The predicted molar refractivity (Wildman–Crippen MR) is 79.1 cm³/mol. The van der Waals surface area contributed by atoms with Crippen LogP contribution in [-0.2, 0) is 9.59 Å². The summed E-state index contributed by atoms with van der Waals surface area (Å²) >= 11 is 17.8. The van der Waals surface area contributed by atoms with Crippen molar-refractivity contribution in [2.24, 2.45) is 11.8 Å². The first-order valence-electron chi connectivity index (χ1n) is 6.16. The van der Waals surface area contributed by atoms with E-state index >= 15 is 0 Å². The fourth-order valence-corrected chi connectivity index (χ4v) is 3.25. The first kappa shape index (κ1) is 13.9. The molecule has 1 saturated heterocycles. The van der Waals surface area contributed by atoms with Gasteiger partial charge in [-0.3, -0.25) is 9.59 Å². The predicted octanol–water partition coefficient (Wildman–Crippen LogP) is 4.02. The molecule has 3 nitrogen and oxygen atoms in total. The Morgan fingerprint density at radius 1 is 1.00 bits per heavy atom. The molecule has 6 heteroatoms. The molecule has 0 saturated carbocycles. The van der Waals surface area contributed by atoms with Crippen LogP contribution in [0.1, 0.15) is 12.8 Å². The van der Waals surface area contributed by atoms with Gasteiger partial charge in [-0.05, 0) is 31.0 Å². The fraction of sp³-hybridized carbons (Fsp3) is 0.286. The maximum Gasteiger partial charge on any atom is 0.238 e. The van der Waals surface area contributed by atoms with Crippen LogP contribution in [0.4, 0.5) is 5.69 Å². The van der Waals surface area contributed by atoms with Crippen molar-refractivity contribution in [1.29, 1.82) is 0 Å². The van der Waals surface area contributed by atoms with Crippen LogP contribution in [0, 0.1) is 11.8 Å². The number of nitrogens with zero attached hydrogens (tertiary/aromatic N) is 1. The smallest absolute Gasteiger partial charge is 0.238 e. The SMILES string of the molecule is O=C1C2CC=C(Cl)CC2C(=O)N1c1ccc(Cl)c(Cl)c1. The molecule has 1 aliphatic carbocycles. The molecule has 1 fully saturated rings. The molecule has 2 unspecified atom stereocenters. The zero-order chi connectivity index (χ0) is 14.4. The van der Waals surface area contributed by atoms with Crippen LogP contribution in [0.2, 0.25) is 10.0 Å². The molecule has 1 aliphatic heterocycles. The summed E-state index contributed by atoms with van der Waals surface area (Å²) in [5.41, 5.74) is 0.458. The Bertz CT molecular complexity index is 641. The second-order valence-corrected chi connectivity index (χ2v) is 6.21. The summed E-state index contributed by atoms with van der Waals surface area (Å²) in [5, 5.41) is 1.34. The van der Waals surface area contributed by atoms with E-state index in [9.17, 15) is 9.59 Å². The number of anilines is 1. The molecule has 104 valence electrons. The van der Waals surface area contributed by atoms with E-state index in [4.69, 9.17) is 34.8 Å². The molecule has 1 heterocycles. The van der Waals surface area contributed by atoms with Crippen LogP contribution >= 0.6 is 34.8 Å². The minimum Gasteiger partial charge on any atom is -0.274 e. The van der Waals surface area contributed by atoms with Crippen LogP contribution in [0.15, 0.2) is 29.3 Å². The number of allylic oxidation sites excluding steroid dienone is 2.